The summed E-state index contributed by atoms with van der Waals surface area (Å²) in [5.41, 5.74) is -3.36. The van der Waals surface area contributed by atoms with Crippen molar-refractivity contribution in [3.05, 3.63) is 47.7 Å². The Balaban J connectivity index is 2.90. The van der Waals surface area contributed by atoms with Gasteiger partial charge >= 0.3 is 12.4 Å². The largest absolute Gasteiger partial charge is 0.433 e. The van der Waals surface area contributed by atoms with Crippen LogP contribution in [0.25, 0.3) is 17.0 Å². The van der Waals surface area contributed by atoms with Crippen molar-refractivity contribution in [2.45, 2.75) is 12.4 Å². The van der Waals surface area contributed by atoms with Gasteiger partial charge < -0.3 is 0 Å². The molecule has 2 aromatic rings. The molecule has 0 spiro atoms. The lowest BCUT2D eigenvalue weighted by molar-refractivity contribution is -0.142. The van der Waals surface area contributed by atoms with Crippen LogP contribution >= 0.6 is 0 Å². The van der Waals surface area contributed by atoms with E-state index in [0.29, 0.717) is 12.1 Å². The Hall–Kier alpha value is -2.05. The quantitative estimate of drug-likeness (QED) is 0.680. The number of pyridine rings is 1. The van der Waals surface area contributed by atoms with Crippen LogP contribution in [0.15, 0.2) is 30.8 Å². The first-order valence-corrected chi connectivity index (χ1v) is 5.35. The zero-order valence-corrected chi connectivity index (χ0v) is 9.81. The van der Waals surface area contributed by atoms with Crippen molar-refractivity contribution in [1.29, 1.82) is 0 Å². The summed E-state index contributed by atoms with van der Waals surface area (Å²) >= 11 is 0. The first-order chi connectivity index (χ1) is 9.14. The molecular formula is C13H7F6N. The van der Waals surface area contributed by atoms with Crippen LogP contribution in [0.4, 0.5) is 26.3 Å². The van der Waals surface area contributed by atoms with Gasteiger partial charge in [0.2, 0.25) is 0 Å². The molecule has 2 rings (SSSR count). The monoisotopic (exact) mass is 291 g/mol. The number of aromatic nitrogens is 1. The normalized spacial score (nSPS) is 12.7. The van der Waals surface area contributed by atoms with Crippen molar-refractivity contribution in [3.63, 3.8) is 0 Å². The summed E-state index contributed by atoms with van der Waals surface area (Å²) in [7, 11) is 0. The highest BCUT2D eigenvalue weighted by Crippen LogP contribution is 2.37. The Labute approximate surface area is 109 Å². The van der Waals surface area contributed by atoms with Crippen LogP contribution in [0.1, 0.15) is 16.8 Å². The number of benzene rings is 1. The van der Waals surface area contributed by atoms with Gasteiger partial charge in [-0.1, -0.05) is 24.8 Å². The fourth-order valence-corrected chi connectivity index (χ4v) is 1.82. The first kappa shape index (κ1) is 14.4. The molecule has 0 bridgehead atoms. The summed E-state index contributed by atoms with van der Waals surface area (Å²) in [6.07, 6.45) is -8.54. The van der Waals surface area contributed by atoms with Gasteiger partial charge in [0.1, 0.15) is 5.69 Å². The fourth-order valence-electron chi connectivity index (χ4n) is 1.82. The molecule has 0 radical (unpaired) electrons. The van der Waals surface area contributed by atoms with Gasteiger partial charge in [0.05, 0.1) is 11.1 Å². The topological polar surface area (TPSA) is 12.9 Å². The van der Waals surface area contributed by atoms with Gasteiger partial charge in [-0.15, -0.1) is 0 Å². The fraction of sp³-hybridized carbons (Fsp3) is 0.154. The first-order valence-electron chi connectivity index (χ1n) is 5.35. The van der Waals surface area contributed by atoms with E-state index in [1.165, 1.54) is 6.07 Å². The average Bonchev–Trinajstić information content (AvgIpc) is 2.34. The Kier molecular flexibility index (Phi) is 3.23. The van der Waals surface area contributed by atoms with E-state index >= 15 is 0 Å². The maximum absolute atomic E-state index is 12.8. The van der Waals surface area contributed by atoms with Crippen LogP contribution < -0.4 is 0 Å². The summed E-state index contributed by atoms with van der Waals surface area (Å²) < 4.78 is 76.6. The molecule has 0 unspecified atom stereocenters. The third kappa shape index (κ3) is 2.48. The molecule has 0 atom stereocenters. The van der Waals surface area contributed by atoms with Crippen molar-refractivity contribution in [2.75, 3.05) is 0 Å². The van der Waals surface area contributed by atoms with E-state index in [2.05, 4.69) is 11.6 Å². The molecule has 0 aliphatic rings. The van der Waals surface area contributed by atoms with E-state index in [-0.39, 0.29) is 10.9 Å². The second-order valence-corrected chi connectivity index (χ2v) is 4.00. The molecule has 0 saturated carbocycles. The zero-order chi connectivity index (χ0) is 15.1. The Morgan fingerprint density at radius 2 is 1.65 bits per heavy atom. The summed E-state index contributed by atoms with van der Waals surface area (Å²) in [6, 6.07) is 3.76. The minimum absolute atomic E-state index is 0.0252. The predicted molar refractivity (Wildman–Crippen MR) is 61.8 cm³/mol. The Bertz CT molecular complexity index is 669. The number of nitrogens with zero attached hydrogens (tertiary/aromatic N) is 1. The molecule has 1 aromatic heterocycles. The van der Waals surface area contributed by atoms with Gasteiger partial charge in [0.25, 0.3) is 0 Å². The Morgan fingerprint density at radius 1 is 1.00 bits per heavy atom. The molecule has 0 N–H and O–H groups in total. The highest BCUT2D eigenvalue weighted by Gasteiger charge is 2.37. The Morgan fingerprint density at radius 3 is 2.15 bits per heavy atom. The maximum Gasteiger partial charge on any atom is 0.433 e. The summed E-state index contributed by atoms with van der Waals surface area (Å²) in [4.78, 5) is 3.13. The molecule has 1 nitrogen and oxygen atoms in total. The number of alkyl halides is 6. The van der Waals surface area contributed by atoms with Crippen LogP contribution in [-0.2, 0) is 12.4 Å². The smallest absolute Gasteiger partial charge is 0.243 e. The standard InChI is InChI=1S/C13H7F6N/c1-2-7-6-10(13(17,18)19)20-11-8(7)4-3-5-9(11)12(14,15)16/h2-6H,1H2. The SMILES string of the molecule is C=Cc1cc(C(F)(F)F)nc2c(C(F)(F)F)cccc12. The van der Waals surface area contributed by atoms with Crippen LogP contribution in [0, 0.1) is 0 Å². The molecule has 0 fully saturated rings. The second kappa shape index (κ2) is 4.50. The highest BCUT2D eigenvalue weighted by atomic mass is 19.4. The number of hydrogen-bond donors (Lipinski definition) is 0. The van der Waals surface area contributed by atoms with Crippen molar-refractivity contribution < 1.29 is 26.3 Å². The molecule has 0 aliphatic carbocycles. The van der Waals surface area contributed by atoms with Gasteiger partial charge in [-0.2, -0.15) is 26.3 Å². The third-order valence-electron chi connectivity index (χ3n) is 2.69. The summed E-state index contributed by atoms with van der Waals surface area (Å²) in [5, 5.41) is -0.0252. The van der Waals surface area contributed by atoms with E-state index in [9.17, 15) is 26.3 Å². The molecule has 7 heteroatoms. The maximum atomic E-state index is 12.8. The lowest BCUT2D eigenvalue weighted by Gasteiger charge is -2.14. The van der Waals surface area contributed by atoms with Gasteiger partial charge in [0, 0.05) is 5.39 Å². The average molecular weight is 291 g/mol. The number of hydrogen-bond acceptors (Lipinski definition) is 1. The minimum Gasteiger partial charge on any atom is -0.243 e. The highest BCUT2D eigenvalue weighted by molar-refractivity contribution is 5.90. The molecule has 0 saturated heterocycles. The van der Waals surface area contributed by atoms with Gasteiger partial charge in [-0.25, -0.2) is 4.98 Å². The van der Waals surface area contributed by atoms with E-state index in [0.717, 1.165) is 12.1 Å². The van der Waals surface area contributed by atoms with E-state index in [1.54, 1.807) is 0 Å². The number of halogens is 6. The molecule has 1 heterocycles. The lowest BCUT2D eigenvalue weighted by Crippen LogP contribution is -2.12. The molecule has 0 aliphatic heterocycles. The van der Waals surface area contributed by atoms with Crippen molar-refractivity contribution in [1.82, 2.24) is 4.98 Å². The number of rotatable bonds is 1. The van der Waals surface area contributed by atoms with Crippen molar-refractivity contribution >= 4 is 17.0 Å². The van der Waals surface area contributed by atoms with E-state index in [1.807, 2.05) is 0 Å². The number of fused-ring (bicyclic) bond motifs is 1. The summed E-state index contributed by atoms with van der Waals surface area (Å²) in [6.45, 7) is 3.32. The van der Waals surface area contributed by atoms with Gasteiger partial charge in [-0.05, 0) is 17.7 Å². The lowest BCUT2D eigenvalue weighted by atomic mass is 10.0. The van der Waals surface area contributed by atoms with Crippen LogP contribution in [0.3, 0.4) is 0 Å². The van der Waals surface area contributed by atoms with Crippen LogP contribution in [-0.4, -0.2) is 4.98 Å². The minimum atomic E-state index is -4.83. The molecule has 106 valence electrons. The van der Waals surface area contributed by atoms with Crippen molar-refractivity contribution in [3.8, 4) is 0 Å². The second-order valence-electron chi connectivity index (χ2n) is 4.00. The van der Waals surface area contributed by atoms with E-state index in [4.69, 9.17) is 0 Å². The molecule has 20 heavy (non-hydrogen) atoms. The van der Waals surface area contributed by atoms with Gasteiger partial charge in [-0.3, -0.25) is 0 Å². The molecule has 0 amide bonds. The van der Waals surface area contributed by atoms with Gasteiger partial charge in [0.15, 0.2) is 0 Å². The number of para-hydroxylation sites is 1. The molecular weight excluding hydrogens is 284 g/mol. The molecule has 1 aromatic carbocycles. The summed E-state index contributed by atoms with van der Waals surface area (Å²) in [5.74, 6) is 0. The van der Waals surface area contributed by atoms with Crippen LogP contribution in [0.5, 0.6) is 0 Å². The predicted octanol–water partition coefficient (Wildman–Crippen LogP) is 4.92. The zero-order valence-electron chi connectivity index (χ0n) is 9.81. The van der Waals surface area contributed by atoms with Crippen LogP contribution in [0.2, 0.25) is 0 Å². The van der Waals surface area contributed by atoms with Crippen molar-refractivity contribution in [2.24, 2.45) is 0 Å². The van der Waals surface area contributed by atoms with E-state index < -0.39 is 29.1 Å². The third-order valence-corrected chi connectivity index (χ3v) is 2.69.